The minimum Gasteiger partial charge on any atom is -0.378 e. The zero-order chi connectivity index (χ0) is 20.7. The Morgan fingerprint density at radius 1 is 0.759 bits per heavy atom. The fourth-order valence-corrected chi connectivity index (χ4v) is 1.04. The van der Waals surface area contributed by atoms with E-state index in [2.05, 4.69) is 89.7 Å². The topological polar surface area (TPSA) is 9.23 Å². The van der Waals surface area contributed by atoms with E-state index in [0.717, 1.165) is 6.61 Å². The van der Waals surface area contributed by atoms with Crippen molar-refractivity contribution in [1.29, 1.82) is 0 Å². The van der Waals surface area contributed by atoms with Crippen LogP contribution in [0.3, 0.4) is 0 Å². The predicted octanol–water partition coefficient (Wildman–Crippen LogP) is 11.2. The first-order valence-corrected chi connectivity index (χ1v) is 10.4. The van der Waals surface area contributed by atoms with E-state index in [0.29, 0.717) is 16.9 Å². The molecule has 29 heavy (non-hydrogen) atoms. The molecule has 0 rings (SSSR count). The lowest BCUT2D eigenvalue weighted by Gasteiger charge is -2.27. The van der Waals surface area contributed by atoms with E-state index < -0.39 is 0 Å². The Hall–Kier alpha value is -0.300. The van der Waals surface area contributed by atoms with Crippen molar-refractivity contribution in [3.05, 3.63) is 12.7 Å². The molecule has 0 aromatic heterocycles. The number of hydrogen-bond donors (Lipinski definition) is 0. The Morgan fingerprint density at radius 3 is 1.31 bits per heavy atom. The standard InChI is InChI=1S/C12H26O.C6H14.C6H12.4CH4/c1-6-7-8-9-10-13-11(2)12(3,4)5;2*1-5-6(2,3)4;;;;/h11H,6-10H2,1-5H3;5H2,1-4H3;5H,1H2,2-4H3;4*1H4. The second-order valence-electron chi connectivity index (χ2n) is 10.4. The number of rotatable bonds is 6. The van der Waals surface area contributed by atoms with Gasteiger partial charge in [0.1, 0.15) is 0 Å². The fourth-order valence-electron chi connectivity index (χ4n) is 1.04. The van der Waals surface area contributed by atoms with E-state index >= 15 is 0 Å². The zero-order valence-electron chi connectivity index (χ0n) is 20.0. The van der Waals surface area contributed by atoms with Gasteiger partial charge in [0.15, 0.2) is 0 Å². The molecule has 0 fully saturated rings. The van der Waals surface area contributed by atoms with Crippen molar-refractivity contribution in [2.75, 3.05) is 6.61 Å². The minimum atomic E-state index is 0. The van der Waals surface area contributed by atoms with Gasteiger partial charge in [0.05, 0.1) is 6.10 Å². The van der Waals surface area contributed by atoms with E-state index in [-0.39, 0.29) is 35.1 Å². The van der Waals surface area contributed by atoms with Crippen LogP contribution < -0.4 is 0 Å². The van der Waals surface area contributed by atoms with Gasteiger partial charge >= 0.3 is 0 Å². The average molecular weight is 421 g/mol. The first kappa shape index (κ1) is 46.8. The normalized spacial score (nSPS) is 11.3. The molecule has 1 unspecified atom stereocenters. The Bertz CT molecular complexity index is 283. The molecule has 0 saturated carbocycles. The molecule has 0 spiro atoms. The van der Waals surface area contributed by atoms with E-state index in [1.54, 1.807) is 0 Å². The van der Waals surface area contributed by atoms with Crippen molar-refractivity contribution in [1.82, 2.24) is 0 Å². The quantitative estimate of drug-likeness (QED) is 0.306. The first-order chi connectivity index (χ1) is 11.1. The van der Waals surface area contributed by atoms with Crippen molar-refractivity contribution in [2.45, 2.75) is 151 Å². The summed E-state index contributed by atoms with van der Waals surface area (Å²) >= 11 is 0. The minimum absolute atomic E-state index is 0. The van der Waals surface area contributed by atoms with Crippen molar-refractivity contribution in [2.24, 2.45) is 16.2 Å². The molecule has 0 aliphatic carbocycles. The summed E-state index contributed by atoms with van der Waals surface area (Å²) in [4.78, 5) is 0. The van der Waals surface area contributed by atoms with Crippen LogP contribution in [0, 0.1) is 16.2 Å². The van der Waals surface area contributed by atoms with Gasteiger partial charge in [-0.2, -0.15) is 0 Å². The third-order valence-electron chi connectivity index (χ3n) is 4.26. The van der Waals surface area contributed by atoms with Crippen LogP contribution in [0.4, 0.5) is 0 Å². The summed E-state index contributed by atoms with van der Waals surface area (Å²) in [7, 11) is 0. The van der Waals surface area contributed by atoms with Crippen molar-refractivity contribution >= 4 is 0 Å². The molecule has 1 heteroatoms. The predicted molar refractivity (Wildman–Crippen MR) is 145 cm³/mol. The molecule has 0 saturated heterocycles. The summed E-state index contributed by atoms with van der Waals surface area (Å²) in [5.41, 5.74) is 1.13. The van der Waals surface area contributed by atoms with Gasteiger partial charge in [0.2, 0.25) is 0 Å². The molecule has 0 bridgehead atoms. The van der Waals surface area contributed by atoms with Gasteiger partial charge in [0, 0.05) is 6.61 Å². The van der Waals surface area contributed by atoms with Gasteiger partial charge < -0.3 is 4.74 Å². The molecule has 0 N–H and O–H groups in total. The largest absolute Gasteiger partial charge is 0.378 e. The van der Waals surface area contributed by atoms with Crippen LogP contribution in [-0.2, 0) is 4.74 Å². The molecular weight excluding hydrogens is 352 g/mol. The van der Waals surface area contributed by atoms with Gasteiger partial charge in [-0.1, -0.05) is 138 Å². The zero-order valence-corrected chi connectivity index (χ0v) is 20.0. The van der Waals surface area contributed by atoms with E-state index in [1.165, 1.54) is 32.1 Å². The summed E-state index contributed by atoms with van der Waals surface area (Å²) in [6.07, 6.45) is 8.75. The maximum Gasteiger partial charge on any atom is 0.0595 e. The molecule has 0 heterocycles. The molecule has 0 radical (unpaired) electrons. The van der Waals surface area contributed by atoms with Crippen LogP contribution in [0.1, 0.15) is 145 Å². The highest BCUT2D eigenvalue weighted by Gasteiger charge is 2.19. The number of unbranched alkanes of at least 4 members (excludes halogenated alkanes) is 3. The van der Waals surface area contributed by atoms with Crippen LogP contribution in [0.2, 0.25) is 0 Å². The number of hydrogen-bond acceptors (Lipinski definition) is 1. The highest BCUT2D eigenvalue weighted by molar-refractivity contribution is 4.82. The Balaban J connectivity index is -0.0000000521. The molecule has 0 aromatic rings. The Morgan fingerprint density at radius 2 is 1.10 bits per heavy atom. The van der Waals surface area contributed by atoms with Crippen LogP contribution in [0.5, 0.6) is 0 Å². The van der Waals surface area contributed by atoms with Crippen LogP contribution in [0.25, 0.3) is 0 Å². The molecule has 1 atom stereocenters. The lowest BCUT2D eigenvalue weighted by Crippen LogP contribution is -2.26. The molecule has 186 valence electrons. The third-order valence-corrected chi connectivity index (χ3v) is 4.26. The highest BCUT2D eigenvalue weighted by atomic mass is 16.5. The van der Waals surface area contributed by atoms with Gasteiger partial charge in [0.25, 0.3) is 0 Å². The highest BCUT2D eigenvalue weighted by Crippen LogP contribution is 2.21. The Kier molecular flexibility index (Phi) is 38.7. The molecule has 0 aliphatic heterocycles. The molecule has 0 aliphatic rings. The molecular formula is C28H68O. The van der Waals surface area contributed by atoms with Crippen molar-refractivity contribution in [3.8, 4) is 0 Å². The monoisotopic (exact) mass is 421 g/mol. The molecule has 0 aromatic carbocycles. The van der Waals surface area contributed by atoms with Crippen LogP contribution in [-0.4, -0.2) is 12.7 Å². The Labute approximate surface area is 191 Å². The van der Waals surface area contributed by atoms with Gasteiger partial charge in [-0.05, 0) is 29.6 Å². The summed E-state index contributed by atoms with van der Waals surface area (Å²) in [6, 6.07) is 0. The lowest BCUT2D eigenvalue weighted by atomic mass is 9.90. The maximum atomic E-state index is 5.75. The van der Waals surface area contributed by atoms with Gasteiger partial charge in [-0.3, -0.25) is 0 Å². The maximum absolute atomic E-state index is 5.75. The average Bonchev–Trinajstić information content (AvgIpc) is 2.45. The summed E-state index contributed by atoms with van der Waals surface area (Å²) in [5, 5.41) is 0. The smallest absolute Gasteiger partial charge is 0.0595 e. The van der Waals surface area contributed by atoms with Crippen LogP contribution in [0.15, 0.2) is 12.7 Å². The molecule has 0 amide bonds. The van der Waals surface area contributed by atoms with Gasteiger partial charge in [-0.25, -0.2) is 0 Å². The second kappa shape index (κ2) is 24.0. The summed E-state index contributed by atoms with van der Waals surface area (Å²) in [5.74, 6) is 0. The summed E-state index contributed by atoms with van der Waals surface area (Å²) < 4.78 is 5.75. The first-order valence-electron chi connectivity index (χ1n) is 10.4. The molecule has 1 nitrogen and oxygen atoms in total. The number of ether oxygens (including phenoxy) is 1. The van der Waals surface area contributed by atoms with Crippen LogP contribution >= 0.6 is 0 Å². The number of allylic oxidation sites excluding steroid dienone is 1. The van der Waals surface area contributed by atoms with E-state index in [9.17, 15) is 0 Å². The third kappa shape index (κ3) is 52.3. The van der Waals surface area contributed by atoms with E-state index in [4.69, 9.17) is 4.74 Å². The summed E-state index contributed by atoms with van der Waals surface area (Å²) in [6.45, 7) is 31.0. The van der Waals surface area contributed by atoms with Crippen molar-refractivity contribution in [3.63, 3.8) is 0 Å². The SMILES string of the molecule is C.C.C.C.C=CC(C)(C)C.CCC(C)(C)C.CCCCCCOC(C)C(C)(C)C. The van der Waals surface area contributed by atoms with Gasteiger partial charge in [-0.15, -0.1) is 6.58 Å². The fraction of sp³-hybridized carbons (Fsp3) is 0.929. The van der Waals surface area contributed by atoms with E-state index in [1.807, 2.05) is 6.08 Å². The lowest BCUT2D eigenvalue weighted by molar-refractivity contribution is -0.00640. The second-order valence-corrected chi connectivity index (χ2v) is 10.4. The van der Waals surface area contributed by atoms with Crippen molar-refractivity contribution < 1.29 is 4.74 Å².